The molecule has 1 aromatic carbocycles. The first-order valence-electron chi connectivity index (χ1n) is 7.19. The monoisotopic (exact) mass is 322 g/mol. The van der Waals surface area contributed by atoms with Gasteiger partial charge in [0, 0.05) is 5.41 Å². The fraction of sp³-hybridized carbons (Fsp3) is 0.438. The molecule has 0 amide bonds. The SMILES string of the molecule is CO/N=C/C1(c2ccccc2)CCN(C)CC1.O=C(O)C(=O)O. The number of hydrogen-bond acceptors (Lipinski definition) is 5. The number of rotatable bonds is 3. The summed E-state index contributed by atoms with van der Waals surface area (Å²) in [6.45, 7) is 2.20. The summed E-state index contributed by atoms with van der Waals surface area (Å²) in [5.74, 6) is -3.65. The molecule has 1 saturated heterocycles. The van der Waals surface area contributed by atoms with Crippen molar-refractivity contribution in [2.24, 2.45) is 5.16 Å². The highest BCUT2D eigenvalue weighted by atomic mass is 16.6. The van der Waals surface area contributed by atoms with E-state index in [9.17, 15) is 0 Å². The molecule has 1 aliphatic heterocycles. The average molecular weight is 322 g/mol. The van der Waals surface area contributed by atoms with Crippen molar-refractivity contribution in [3.05, 3.63) is 35.9 Å². The summed E-state index contributed by atoms with van der Waals surface area (Å²) in [6, 6.07) is 10.6. The van der Waals surface area contributed by atoms with Gasteiger partial charge < -0.3 is 20.0 Å². The highest BCUT2D eigenvalue weighted by Crippen LogP contribution is 2.33. The summed E-state index contributed by atoms with van der Waals surface area (Å²) < 4.78 is 0. The van der Waals surface area contributed by atoms with Crippen molar-refractivity contribution in [2.75, 3.05) is 27.2 Å². The maximum absolute atomic E-state index is 9.10. The summed E-state index contributed by atoms with van der Waals surface area (Å²) in [7, 11) is 3.77. The van der Waals surface area contributed by atoms with Crippen LogP contribution in [0.1, 0.15) is 18.4 Å². The quantitative estimate of drug-likeness (QED) is 0.496. The lowest BCUT2D eigenvalue weighted by Crippen LogP contribution is -2.42. The molecule has 7 heteroatoms. The van der Waals surface area contributed by atoms with Crippen molar-refractivity contribution in [2.45, 2.75) is 18.3 Å². The fourth-order valence-corrected chi connectivity index (χ4v) is 2.43. The van der Waals surface area contributed by atoms with E-state index < -0.39 is 11.9 Å². The van der Waals surface area contributed by atoms with Crippen molar-refractivity contribution in [3.8, 4) is 0 Å². The number of carbonyl (C=O) groups is 2. The Labute approximate surface area is 135 Å². The largest absolute Gasteiger partial charge is 0.473 e. The minimum absolute atomic E-state index is 0.0454. The van der Waals surface area contributed by atoms with Gasteiger partial charge in [0.15, 0.2) is 0 Å². The third-order valence-corrected chi connectivity index (χ3v) is 3.82. The van der Waals surface area contributed by atoms with E-state index >= 15 is 0 Å². The van der Waals surface area contributed by atoms with Gasteiger partial charge in [-0.2, -0.15) is 0 Å². The minimum Gasteiger partial charge on any atom is -0.473 e. The van der Waals surface area contributed by atoms with Gasteiger partial charge in [-0.3, -0.25) is 0 Å². The normalized spacial score (nSPS) is 17.1. The van der Waals surface area contributed by atoms with Crippen LogP contribution in [0.2, 0.25) is 0 Å². The first kappa shape index (κ1) is 18.6. The molecule has 0 bridgehead atoms. The van der Waals surface area contributed by atoms with E-state index in [-0.39, 0.29) is 5.41 Å². The van der Waals surface area contributed by atoms with Gasteiger partial charge in [0.25, 0.3) is 0 Å². The molecule has 23 heavy (non-hydrogen) atoms. The van der Waals surface area contributed by atoms with Gasteiger partial charge in [0.1, 0.15) is 7.11 Å². The number of aliphatic carboxylic acids is 2. The first-order valence-corrected chi connectivity index (χ1v) is 7.19. The second-order valence-electron chi connectivity index (χ2n) is 5.35. The van der Waals surface area contributed by atoms with Crippen LogP contribution in [0.25, 0.3) is 0 Å². The van der Waals surface area contributed by atoms with E-state index in [0.717, 1.165) is 25.9 Å². The maximum atomic E-state index is 9.10. The number of piperidine rings is 1. The Morgan fingerprint density at radius 1 is 1.17 bits per heavy atom. The molecule has 0 spiro atoms. The van der Waals surface area contributed by atoms with E-state index in [2.05, 4.69) is 47.4 Å². The summed E-state index contributed by atoms with van der Waals surface area (Å²) in [5, 5.41) is 18.8. The molecular weight excluding hydrogens is 300 g/mol. The minimum atomic E-state index is -1.82. The van der Waals surface area contributed by atoms with Crippen LogP contribution in [0.3, 0.4) is 0 Å². The van der Waals surface area contributed by atoms with Crippen LogP contribution in [0.15, 0.2) is 35.5 Å². The summed E-state index contributed by atoms with van der Waals surface area (Å²) in [6.07, 6.45) is 4.18. The molecule has 0 radical (unpaired) electrons. The van der Waals surface area contributed by atoms with Gasteiger partial charge in [-0.25, -0.2) is 9.59 Å². The topological polar surface area (TPSA) is 99.4 Å². The average Bonchev–Trinajstić information content (AvgIpc) is 2.56. The highest BCUT2D eigenvalue weighted by molar-refractivity contribution is 6.27. The number of benzene rings is 1. The van der Waals surface area contributed by atoms with Crippen molar-refractivity contribution >= 4 is 18.2 Å². The van der Waals surface area contributed by atoms with Crippen LogP contribution in [0, 0.1) is 0 Å². The third kappa shape index (κ3) is 5.71. The van der Waals surface area contributed by atoms with Crippen molar-refractivity contribution in [1.82, 2.24) is 4.90 Å². The molecule has 0 unspecified atom stereocenters. The summed E-state index contributed by atoms with van der Waals surface area (Å²) >= 11 is 0. The zero-order chi connectivity index (χ0) is 17.3. The molecule has 1 aliphatic rings. The van der Waals surface area contributed by atoms with Crippen molar-refractivity contribution in [1.29, 1.82) is 0 Å². The molecule has 126 valence electrons. The smallest absolute Gasteiger partial charge is 0.414 e. The van der Waals surface area contributed by atoms with Crippen LogP contribution in [0.4, 0.5) is 0 Å². The van der Waals surface area contributed by atoms with Crippen LogP contribution in [-0.2, 0) is 19.8 Å². The van der Waals surface area contributed by atoms with E-state index in [0.29, 0.717) is 0 Å². The number of carboxylic acids is 2. The van der Waals surface area contributed by atoms with Gasteiger partial charge >= 0.3 is 11.9 Å². The van der Waals surface area contributed by atoms with E-state index in [1.54, 1.807) is 7.11 Å². The molecule has 1 fully saturated rings. The molecule has 2 rings (SSSR count). The Balaban J connectivity index is 0.000000379. The zero-order valence-corrected chi connectivity index (χ0v) is 13.3. The lowest BCUT2D eigenvalue weighted by Gasteiger charge is -2.38. The molecule has 0 aromatic heterocycles. The Bertz CT molecular complexity index is 525. The summed E-state index contributed by atoms with van der Waals surface area (Å²) in [5.41, 5.74) is 1.39. The lowest BCUT2D eigenvalue weighted by molar-refractivity contribution is -0.159. The Hall–Kier alpha value is -2.41. The van der Waals surface area contributed by atoms with E-state index in [1.165, 1.54) is 5.56 Å². The molecule has 0 saturated carbocycles. The van der Waals surface area contributed by atoms with Gasteiger partial charge in [-0.05, 0) is 38.5 Å². The number of likely N-dealkylation sites (tertiary alicyclic amines) is 1. The van der Waals surface area contributed by atoms with E-state index in [4.69, 9.17) is 24.6 Å². The van der Waals surface area contributed by atoms with Crippen LogP contribution in [0.5, 0.6) is 0 Å². The second kappa shape index (κ2) is 8.89. The molecule has 2 N–H and O–H groups in total. The van der Waals surface area contributed by atoms with Crippen molar-refractivity contribution in [3.63, 3.8) is 0 Å². The zero-order valence-electron chi connectivity index (χ0n) is 13.3. The number of oxime groups is 1. The predicted molar refractivity (Wildman–Crippen MR) is 85.6 cm³/mol. The molecule has 0 atom stereocenters. The fourth-order valence-electron chi connectivity index (χ4n) is 2.43. The highest BCUT2D eigenvalue weighted by Gasteiger charge is 2.34. The molecule has 1 heterocycles. The second-order valence-corrected chi connectivity index (χ2v) is 5.35. The standard InChI is InChI=1S/C14H20N2O.C2H2O4/c1-16-10-8-14(9-11-16,12-15-17-2)13-6-4-3-5-7-13;3-1(4)2(5)6/h3-7,12H,8-11H2,1-2H3;(H,3,4)(H,5,6)/b15-12+;. The molecule has 1 aromatic rings. The predicted octanol–water partition coefficient (Wildman–Crippen LogP) is 1.44. The van der Waals surface area contributed by atoms with Crippen LogP contribution in [-0.4, -0.2) is 60.5 Å². The number of carboxylic acid groups (broad SMARTS) is 2. The van der Waals surface area contributed by atoms with Crippen LogP contribution >= 0.6 is 0 Å². The summed E-state index contributed by atoms with van der Waals surface area (Å²) in [4.78, 5) is 25.4. The lowest BCUT2D eigenvalue weighted by atomic mass is 9.74. The molecular formula is C16H22N2O5. The van der Waals surface area contributed by atoms with E-state index in [1.807, 2.05) is 6.21 Å². The number of nitrogens with zero attached hydrogens (tertiary/aromatic N) is 2. The molecule has 7 nitrogen and oxygen atoms in total. The third-order valence-electron chi connectivity index (χ3n) is 3.82. The Morgan fingerprint density at radius 3 is 2.13 bits per heavy atom. The first-order chi connectivity index (χ1) is 10.9. The van der Waals surface area contributed by atoms with Gasteiger partial charge in [-0.15, -0.1) is 0 Å². The van der Waals surface area contributed by atoms with Crippen molar-refractivity contribution < 1.29 is 24.6 Å². The Kier molecular flexibility index (Phi) is 7.21. The molecule has 0 aliphatic carbocycles. The van der Waals surface area contributed by atoms with Gasteiger partial charge in [0.2, 0.25) is 0 Å². The van der Waals surface area contributed by atoms with Crippen LogP contribution < -0.4 is 0 Å². The van der Waals surface area contributed by atoms with Gasteiger partial charge in [0.05, 0.1) is 6.21 Å². The maximum Gasteiger partial charge on any atom is 0.414 e. The number of hydrogen-bond donors (Lipinski definition) is 2. The van der Waals surface area contributed by atoms with Gasteiger partial charge in [-0.1, -0.05) is 35.5 Å². The Morgan fingerprint density at radius 2 is 1.70 bits per heavy atom.